The predicted molar refractivity (Wildman–Crippen MR) is 66.6 cm³/mol. The number of nitrogens with one attached hydrogen (secondary N) is 2. The van der Waals surface area contributed by atoms with Crippen molar-refractivity contribution >= 4 is 0 Å². The van der Waals surface area contributed by atoms with Crippen LogP contribution in [0.5, 0.6) is 0 Å². The SMILES string of the molecule is CC1CCCNC1CNCC1CCOC1C. The van der Waals surface area contributed by atoms with Crippen LogP contribution < -0.4 is 10.6 Å². The highest BCUT2D eigenvalue weighted by atomic mass is 16.5. The van der Waals surface area contributed by atoms with Crippen molar-refractivity contribution in [2.24, 2.45) is 11.8 Å². The Hall–Kier alpha value is -0.120. The maximum atomic E-state index is 5.57. The van der Waals surface area contributed by atoms with Gasteiger partial charge in [-0.25, -0.2) is 0 Å². The number of hydrogen-bond donors (Lipinski definition) is 2. The molecule has 4 unspecified atom stereocenters. The van der Waals surface area contributed by atoms with E-state index >= 15 is 0 Å². The Bertz CT molecular complexity index is 210. The first-order valence-corrected chi connectivity index (χ1v) is 6.83. The van der Waals surface area contributed by atoms with Gasteiger partial charge in [-0.15, -0.1) is 0 Å². The van der Waals surface area contributed by atoms with E-state index in [1.54, 1.807) is 0 Å². The van der Waals surface area contributed by atoms with Crippen molar-refractivity contribution in [2.75, 3.05) is 26.2 Å². The highest BCUT2D eigenvalue weighted by Crippen LogP contribution is 2.19. The van der Waals surface area contributed by atoms with E-state index in [4.69, 9.17) is 4.74 Å². The minimum atomic E-state index is 0.448. The second-order valence-corrected chi connectivity index (χ2v) is 5.46. The topological polar surface area (TPSA) is 33.3 Å². The van der Waals surface area contributed by atoms with E-state index in [-0.39, 0.29) is 0 Å². The maximum Gasteiger partial charge on any atom is 0.0588 e. The average molecular weight is 226 g/mol. The first-order valence-electron chi connectivity index (χ1n) is 6.83. The number of ether oxygens (including phenoxy) is 1. The molecule has 0 aromatic carbocycles. The van der Waals surface area contributed by atoms with Gasteiger partial charge in [0.2, 0.25) is 0 Å². The van der Waals surface area contributed by atoms with Gasteiger partial charge in [0.1, 0.15) is 0 Å². The quantitative estimate of drug-likeness (QED) is 0.760. The normalized spacial score (nSPS) is 40.1. The fourth-order valence-corrected chi connectivity index (χ4v) is 2.86. The van der Waals surface area contributed by atoms with E-state index in [1.807, 2.05) is 0 Å². The van der Waals surface area contributed by atoms with Crippen molar-refractivity contribution < 1.29 is 4.74 Å². The van der Waals surface area contributed by atoms with Crippen molar-refractivity contribution in [1.29, 1.82) is 0 Å². The molecule has 2 N–H and O–H groups in total. The summed E-state index contributed by atoms with van der Waals surface area (Å²) < 4.78 is 5.57. The van der Waals surface area contributed by atoms with Crippen LogP contribution in [0.1, 0.15) is 33.1 Å². The number of hydrogen-bond acceptors (Lipinski definition) is 3. The molecule has 0 aromatic heterocycles. The lowest BCUT2D eigenvalue weighted by atomic mass is 9.92. The fourth-order valence-electron chi connectivity index (χ4n) is 2.86. The van der Waals surface area contributed by atoms with E-state index in [9.17, 15) is 0 Å². The highest BCUT2D eigenvalue weighted by Gasteiger charge is 2.25. The summed E-state index contributed by atoms with van der Waals surface area (Å²) in [4.78, 5) is 0. The molecule has 2 aliphatic heterocycles. The molecule has 2 rings (SSSR count). The maximum absolute atomic E-state index is 5.57. The molecule has 0 aromatic rings. The molecule has 94 valence electrons. The monoisotopic (exact) mass is 226 g/mol. The number of rotatable bonds is 4. The zero-order valence-corrected chi connectivity index (χ0v) is 10.7. The summed E-state index contributed by atoms with van der Waals surface area (Å²) in [6.07, 6.45) is 4.39. The van der Waals surface area contributed by atoms with Gasteiger partial charge in [0.05, 0.1) is 6.10 Å². The summed E-state index contributed by atoms with van der Waals surface area (Å²) in [5, 5.41) is 7.23. The first-order chi connectivity index (χ1) is 7.77. The van der Waals surface area contributed by atoms with Gasteiger partial charge in [0.25, 0.3) is 0 Å². The van der Waals surface area contributed by atoms with Gasteiger partial charge in [-0.05, 0) is 44.6 Å². The third kappa shape index (κ3) is 3.19. The Balaban J connectivity index is 1.63. The van der Waals surface area contributed by atoms with Gasteiger partial charge in [0.15, 0.2) is 0 Å². The first kappa shape index (κ1) is 12.3. The minimum Gasteiger partial charge on any atom is -0.378 e. The lowest BCUT2D eigenvalue weighted by Crippen LogP contribution is -2.47. The molecule has 2 heterocycles. The zero-order valence-electron chi connectivity index (χ0n) is 10.7. The largest absolute Gasteiger partial charge is 0.378 e. The van der Waals surface area contributed by atoms with Crippen molar-refractivity contribution in [3.05, 3.63) is 0 Å². The van der Waals surface area contributed by atoms with E-state index in [0.717, 1.165) is 31.5 Å². The molecule has 4 atom stereocenters. The van der Waals surface area contributed by atoms with Crippen molar-refractivity contribution in [2.45, 2.75) is 45.3 Å². The molecule has 3 heteroatoms. The molecule has 0 bridgehead atoms. The Kier molecular flexibility index (Phi) is 4.62. The van der Waals surface area contributed by atoms with Crippen molar-refractivity contribution in [3.8, 4) is 0 Å². The van der Waals surface area contributed by atoms with Gasteiger partial charge in [0, 0.05) is 25.7 Å². The third-order valence-corrected chi connectivity index (χ3v) is 4.23. The number of piperidine rings is 1. The van der Waals surface area contributed by atoms with Crippen molar-refractivity contribution in [1.82, 2.24) is 10.6 Å². The lowest BCUT2D eigenvalue weighted by Gasteiger charge is -2.30. The van der Waals surface area contributed by atoms with E-state index in [1.165, 1.54) is 25.8 Å². The smallest absolute Gasteiger partial charge is 0.0588 e. The Labute approximate surface area is 99.3 Å². The molecule has 0 aliphatic carbocycles. The molecular formula is C13H26N2O. The van der Waals surface area contributed by atoms with Crippen LogP contribution in [0.25, 0.3) is 0 Å². The van der Waals surface area contributed by atoms with Crippen LogP contribution >= 0.6 is 0 Å². The van der Waals surface area contributed by atoms with Crippen LogP contribution in [-0.2, 0) is 4.74 Å². The van der Waals surface area contributed by atoms with Crippen molar-refractivity contribution in [3.63, 3.8) is 0 Å². The second-order valence-electron chi connectivity index (χ2n) is 5.46. The third-order valence-electron chi connectivity index (χ3n) is 4.23. The minimum absolute atomic E-state index is 0.448. The fraction of sp³-hybridized carbons (Fsp3) is 1.00. The summed E-state index contributed by atoms with van der Waals surface area (Å²) in [5.41, 5.74) is 0. The van der Waals surface area contributed by atoms with Gasteiger partial charge in [-0.2, -0.15) is 0 Å². The summed E-state index contributed by atoms with van der Waals surface area (Å²) in [7, 11) is 0. The molecule has 16 heavy (non-hydrogen) atoms. The molecule has 0 saturated carbocycles. The summed E-state index contributed by atoms with van der Waals surface area (Å²) in [6, 6.07) is 0.673. The van der Waals surface area contributed by atoms with Gasteiger partial charge in [-0.1, -0.05) is 6.92 Å². The summed E-state index contributed by atoms with van der Waals surface area (Å²) in [6.45, 7) is 8.93. The average Bonchev–Trinajstić information content (AvgIpc) is 2.67. The Morgan fingerprint density at radius 3 is 2.81 bits per heavy atom. The van der Waals surface area contributed by atoms with Crippen LogP contribution in [0.3, 0.4) is 0 Å². The Morgan fingerprint density at radius 2 is 2.12 bits per heavy atom. The molecule has 0 radical (unpaired) electrons. The summed E-state index contributed by atoms with van der Waals surface area (Å²) in [5.74, 6) is 1.54. The zero-order chi connectivity index (χ0) is 11.4. The molecule has 2 fully saturated rings. The van der Waals surface area contributed by atoms with Crippen LogP contribution in [0.4, 0.5) is 0 Å². The molecule has 0 amide bonds. The molecular weight excluding hydrogens is 200 g/mol. The summed E-state index contributed by atoms with van der Waals surface area (Å²) >= 11 is 0. The molecule has 2 saturated heterocycles. The van der Waals surface area contributed by atoms with E-state index in [2.05, 4.69) is 24.5 Å². The molecule has 0 spiro atoms. The van der Waals surface area contributed by atoms with Crippen LogP contribution in [-0.4, -0.2) is 38.4 Å². The van der Waals surface area contributed by atoms with Gasteiger partial charge >= 0.3 is 0 Å². The standard InChI is InChI=1S/C13H26N2O/c1-10-4-3-6-15-13(10)9-14-8-12-5-7-16-11(12)2/h10-15H,3-9H2,1-2H3. The lowest BCUT2D eigenvalue weighted by molar-refractivity contribution is 0.105. The van der Waals surface area contributed by atoms with E-state index in [0.29, 0.717) is 12.1 Å². The second kappa shape index (κ2) is 5.99. The van der Waals surface area contributed by atoms with Crippen LogP contribution in [0.2, 0.25) is 0 Å². The predicted octanol–water partition coefficient (Wildman–Crippen LogP) is 1.39. The van der Waals surface area contributed by atoms with Gasteiger partial charge in [-0.3, -0.25) is 0 Å². The van der Waals surface area contributed by atoms with Gasteiger partial charge < -0.3 is 15.4 Å². The molecule has 3 nitrogen and oxygen atoms in total. The van der Waals surface area contributed by atoms with Crippen LogP contribution in [0.15, 0.2) is 0 Å². The Morgan fingerprint density at radius 1 is 1.25 bits per heavy atom. The van der Waals surface area contributed by atoms with E-state index < -0.39 is 0 Å². The van der Waals surface area contributed by atoms with Crippen LogP contribution in [0, 0.1) is 11.8 Å². The molecule has 2 aliphatic rings. The highest BCUT2D eigenvalue weighted by molar-refractivity contribution is 4.81.